The minimum Gasteiger partial charge on any atom is -0.491 e. The predicted octanol–water partition coefficient (Wildman–Crippen LogP) is 2.14. The Morgan fingerprint density at radius 1 is 1.50 bits per heavy atom. The molecule has 1 heterocycles. The fraction of sp³-hybridized carbons (Fsp3) is 0.429. The molecule has 1 aromatic heterocycles. The maximum absolute atomic E-state index is 11.7. The molecule has 0 saturated carbocycles. The van der Waals surface area contributed by atoms with Gasteiger partial charge in [0.2, 0.25) is 5.95 Å². The molecule has 0 aliphatic carbocycles. The number of hydrogen-bond donors (Lipinski definition) is 1. The monoisotopic (exact) mass is 277 g/mol. The molecule has 0 aliphatic rings. The number of benzene rings is 1. The number of carbonyl (C=O) groups is 1. The van der Waals surface area contributed by atoms with Gasteiger partial charge in [-0.15, -0.1) is 0 Å². The highest BCUT2D eigenvalue weighted by molar-refractivity contribution is 5.87. The molecule has 2 rings (SSSR count). The quantitative estimate of drug-likeness (QED) is 0.847. The summed E-state index contributed by atoms with van der Waals surface area (Å²) in [5, 5.41) is 0. The fourth-order valence-electron chi connectivity index (χ4n) is 2.12. The molecule has 2 N–H and O–H groups in total. The van der Waals surface area contributed by atoms with E-state index in [4.69, 9.17) is 15.2 Å². The first kappa shape index (κ1) is 14.2. The van der Waals surface area contributed by atoms with Gasteiger partial charge in [-0.1, -0.05) is 13.0 Å². The van der Waals surface area contributed by atoms with Crippen molar-refractivity contribution in [1.29, 1.82) is 0 Å². The Labute approximate surface area is 117 Å². The van der Waals surface area contributed by atoms with Gasteiger partial charge in [0.15, 0.2) is 0 Å². The normalized spacial score (nSPS) is 12.3. The van der Waals surface area contributed by atoms with Crippen LogP contribution in [0.15, 0.2) is 18.2 Å². The van der Waals surface area contributed by atoms with Crippen molar-refractivity contribution in [2.75, 3.05) is 19.5 Å². The van der Waals surface area contributed by atoms with Gasteiger partial charge in [-0.25, -0.2) is 9.78 Å². The van der Waals surface area contributed by atoms with Crippen LogP contribution in [0.25, 0.3) is 11.0 Å². The summed E-state index contributed by atoms with van der Waals surface area (Å²) in [4.78, 5) is 16.0. The van der Waals surface area contributed by atoms with Crippen LogP contribution in [0, 0.1) is 0 Å². The van der Waals surface area contributed by atoms with Gasteiger partial charge in [-0.2, -0.15) is 0 Å². The number of esters is 1. The minimum absolute atomic E-state index is 0.269. The molecule has 0 fully saturated rings. The lowest BCUT2D eigenvalue weighted by molar-refractivity contribution is -0.143. The maximum atomic E-state index is 11.7. The van der Waals surface area contributed by atoms with Gasteiger partial charge in [-0.05, 0) is 25.5 Å². The molecule has 0 bridgehead atoms. The summed E-state index contributed by atoms with van der Waals surface area (Å²) in [6.07, 6.45) is 0.908. The molecule has 6 heteroatoms. The third-order valence-corrected chi connectivity index (χ3v) is 3.10. The van der Waals surface area contributed by atoms with Crippen LogP contribution in [-0.4, -0.2) is 29.2 Å². The van der Waals surface area contributed by atoms with Crippen molar-refractivity contribution in [3.63, 3.8) is 0 Å². The first-order valence-corrected chi connectivity index (χ1v) is 6.57. The van der Waals surface area contributed by atoms with E-state index in [0.29, 0.717) is 17.9 Å². The zero-order chi connectivity index (χ0) is 14.7. The van der Waals surface area contributed by atoms with Crippen LogP contribution in [0.1, 0.15) is 26.3 Å². The Kier molecular flexibility index (Phi) is 4.12. The number of aromatic nitrogens is 2. The highest BCUT2D eigenvalue weighted by Crippen LogP contribution is 2.30. The van der Waals surface area contributed by atoms with Crippen LogP contribution in [0.5, 0.6) is 5.75 Å². The van der Waals surface area contributed by atoms with Crippen LogP contribution in [-0.2, 0) is 9.53 Å². The van der Waals surface area contributed by atoms with Crippen molar-refractivity contribution in [2.24, 2.45) is 0 Å². The average molecular weight is 277 g/mol. The van der Waals surface area contributed by atoms with E-state index in [1.54, 1.807) is 11.5 Å². The van der Waals surface area contributed by atoms with E-state index in [1.165, 1.54) is 7.11 Å². The molecule has 0 spiro atoms. The summed E-state index contributed by atoms with van der Waals surface area (Å²) in [5.41, 5.74) is 7.35. The lowest BCUT2D eigenvalue weighted by Gasteiger charge is -2.13. The average Bonchev–Trinajstić information content (AvgIpc) is 2.79. The molecule has 0 amide bonds. The van der Waals surface area contributed by atoms with E-state index in [-0.39, 0.29) is 11.9 Å². The standard InChI is InChI=1S/C14H19N3O3/c1-4-8-20-11-7-5-6-10-12(11)16-14(15)17(10)9(2)13(18)19-3/h5-7,9H,4,8H2,1-3H3,(H2,15,16). The van der Waals surface area contributed by atoms with Crippen LogP contribution >= 0.6 is 0 Å². The van der Waals surface area contributed by atoms with E-state index in [1.807, 2.05) is 25.1 Å². The maximum Gasteiger partial charge on any atom is 0.328 e. The molecule has 0 radical (unpaired) electrons. The molecular weight excluding hydrogens is 258 g/mol. The number of fused-ring (bicyclic) bond motifs is 1. The summed E-state index contributed by atoms with van der Waals surface area (Å²) in [6.45, 7) is 4.37. The van der Waals surface area contributed by atoms with Crippen LogP contribution in [0.3, 0.4) is 0 Å². The zero-order valence-electron chi connectivity index (χ0n) is 11.9. The lowest BCUT2D eigenvalue weighted by atomic mass is 10.2. The Morgan fingerprint density at radius 2 is 2.25 bits per heavy atom. The van der Waals surface area contributed by atoms with Crippen LogP contribution in [0.4, 0.5) is 5.95 Å². The number of rotatable bonds is 5. The molecule has 1 unspecified atom stereocenters. The third kappa shape index (κ3) is 2.41. The highest BCUT2D eigenvalue weighted by Gasteiger charge is 2.22. The highest BCUT2D eigenvalue weighted by atomic mass is 16.5. The van der Waals surface area contributed by atoms with Crippen molar-refractivity contribution in [3.8, 4) is 5.75 Å². The van der Waals surface area contributed by atoms with E-state index < -0.39 is 6.04 Å². The van der Waals surface area contributed by atoms with E-state index in [0.717, 1.165) is 11.9 Å². The number of imidazole rings is 1. The summed E-state index contributed by atoms with van der Waals surface area (Å²) in [6, 6.07) is 5.02. The summed E-state index contributed by atoms with van der Waals surface area (Å²) < 4.78 is 12.1. The minimum atomic E-state index is -0.536. The number of ether oxygens (including phenoxy) is 2. The van der Waals surface area contributed by atoms with Crippen LogP contribution in [0.2, 0.25) is 0 Å². The van der Waals surface area contributed by atoms with E-state index >= 15 is 0 Å². The van der Waals surface area contributed by atoms with Gasteiger partial charge >= 0.3 is 5.97 Å². The van der Waals surface area contributed by atoms with Crippen molar-refractivity contribution in [2.45, 2.75) is 26.3 Å². The van der Waals surface area contributed by atoms with Gasteiger partial charge in [0.05, 0.1) is 19.2 Å². The van der Waals surface area contributed by atoms with Gasteiger partial charge in [0.25, 0.3) is 0 Å². The molecule has 108 valence electrons. The summed E-state index contributed by atoms with van der Waals surface area (Å²) >= 11 is 0. The predicted molar refractivity (Wildman–Crippen MR) is 76.7 cm³/mol. The van der Waals surface area contributed by atoms with Gasteiger partial charge in [0, 0.05) is 0 Å². The number of nitrogen functional groups attached to an aromatic ring is 1. The molecule has 1 aromatic carbocycles. The summed E-state index contributed by atoms with van der Waals surface area (Å²) in [5.74, 6) is 0.577. The van der Waals surface area contributed by atoms with E-state index in [9.17, 15) is 4.79 Å². The smallest absolute Gasteiger partial charge is 0.328 e. The lowest BCUT2D eigenvalue weighted by Crippen LogP contribution is -2.19. The number of anilines is 1. The Hall–Kier alpha value is -2.24. The second-order valence-electron chi connectivity index (χ2n) is 4.51. The van der Waals surface area contributed by atoms with Gasteiger partial charge in [-0.3, -0.25) is 4.57 Å². The largest absolute Gasteiger partial charge is 0.491 e. The van der Waals surface area contributed by atoms with Crippen molar-refractivity contribution >= 4 is 23.0 Å². The molecule has 1 atom stereocenters. The Morgan fingerprint density at radius 3 is 2.90 bits per heavy atom. The number of carbonyl (C=O) groups excluding carboxylic acids is 1. The van der Waals surface area contributed by atoms with Crippen LogP contribution < -0.4 is 10.5 Å². The molecule has 20 heavy (non-hydrogen) atoms. The van der Waals surface area contributed by atoms with Gasteiger partial charge in [0.1, 0.15) is 17.3 Å². The number of nitrogens with two attached hydrogens (primary N) is 1. The number of nitrogens with zero attached hydrogens (tertiary/aromatic N) is 2. The molecule has 0 saturated heterocycles. The summed E-state index contributed by atoms with van der Waals surface area (Å²) in [7, 11) is 1.35. The van der Waals surface area contributed by atoms with E-state index in [2.05, 4.69) is 4.98 Å². The topological polar surface area (TPSA) is 79.4 Å². The van der Waals surface area contributed by atoms with Crippen molar-refractivity contribution in [1.82, 2.24) is 9.55 Å². The molecular formula is C14H19N3O3. The Balaban J connectivity index is 2.51. The first-order valence-electron chi connectivity index (χ1n) is 6.57. The number of hydrogen-bond acceptors (Lipinski definition) is 5. The second kappa shape index (κ2) is 5.81. The number of methoxy groups -OCH3 is 1. The molecule has 0 aliphatic heterocycles. The third-order valence-electron chi connectivity index (χ3n) is 3.10. The SMILES string of the molecule is CCCOc1cccc2c1nc(N)n2C(C)C(=O)OC. The fourth-order valence-corrected chi connectivity index (χ4v) is 2.12. The van der Waals surface area contributed by atoms with Crippen molar-refractivity contribution in [3.05, 3.63) is 18.2 Å². The first-order chi connectivity index (χ1) is 9.60. The zero-order valence-corrected chi connectivity index (χ0v) is 11.9. The van der Waals surface area contributed by atoms with Gasteiger partial charge < -0.3 is 15.2 Å². The van der Waals surface area contributed by atoms with Crippen molar-refractivity contribution < 1.29 is 14.3 Å². The Bertz CT molecular complexity index is 621. The molecule has 6 nitrogen and oxygen atoms in total. The molecule has 2 aromatic rings. The second-order valence-corrected chi connectivity index (χ2v) is 4.51. The number of para-hydroxylation sites is 1.